The average Bonchev–Trinajstić information content (AvgIpc) is 2.58. The molecule has 0 aliphatic heterocycles. The third-order valence-electron chi connectivity index (χ3n) is 4.09. The second-order valence-electron chi connectivity index (χ2n) is 7.50. The number of alkyl halides is 1. The summed E-state index contributed by atoms with van der Waals surface area (Å²) in [7, 11) is 0. The van der Waals surface area contributed by atoms with Crippen LogP contribution in [-0.4, -0.2) is 21.6 Å². The van der Waals surface area contributed by atoms with Crippen molar-refractivity contribution in [3.8, 4) is 0 Å². The highest BCUT2D eigenvalue weighted by Gasteiger charge is 2.28. The van der Waals surface area contributed by atoms with Gasteiger partial charge in [0.25, 0.3) is 0 Å². The van der Waals surface area contributed by atoms with Crippen molar-refractivity contribution in [2.45, 2.75) is 59.0 Å². The Morgan fingerprint density at radius 1 is 1.19 bits per heavy atom. The molecule has 0 saturated heterocycles. The van der Waals surface area contributed by atoms with E-state index in [9.17, 15) is 13.6 Å². The number of hydrogen-bond acceptors (Lipinski definition) is 3. The van der Waals surface area contributed by atoms with Gasteiger partial charge >= 0.3 is 6.09 Å². The minimum Gasteiger partial charge on any atom is -0.444 e. The van der Waals surface area contributed by atoms with Crippen LogP contribution in [0, 0.1) is 5.82 Å². The quantitative estimate of drug-likeness (QED) is 0.667. The number of amides is 1. The summed E-state index contributed by atoms with van der Waals surface area (Å²) in [5.41, 5.74) is 0.723. The monoisotopic (exact) mass is 376 g/mol. The van der Waals surface area contributed by atoms with E-state index < -0.39 is 29.7 Å². The summed E-state index contributed by atoms with van der Waals surface area (Å²) < 4.78 is 33.1. The first-order valence-corrected chi connectivity index (χ1v) is 8.91. The number of halogens is 2. The third-order valence-corrected chi connectivity index (χ3v) is 4.09. The van der Waals surface area contributed by atoms with Gasteiger partial charge in [-0.3, -0.25) is 9.88 Å². The molecule has 0 saturated carbocycles. The van der Waals surface area contributed by atoms with Crippen LogP contribution in [0.1, 0.15) is 63.7 Å². The Morgan fingerprint density at radius 3 is 2.37 bits per heavy atom. The zero-order chi connectivity index (χ0) is 20.2. The van der Waals surface area contributed by atoms with Crippen molar-refractivity contribution in [1.29, 1.82) is 0 Å². The zero-order valence-corrected chi connectivity index (χ0v) is 16.4. The van der Waals surface area contributed by atoms with Gasteiger partial charge in [-0.2, -0.15) is 0 Å². The molecule has 0 bridgehead atoms. The number of nitrogens with zero attached hydrogens (tertiary/aromatic N) is 2. The molecule has 0 aliphatic rings. The van der Waals surface area contributed by atoms with Gasteiger partial charge in [-0.05, 0) is 46.8 Å². The molecule has 0 spiro atoms. The van der Waals surface area contributed by atoms with Crippen LogP contribution in [0.5, 0.6) is 0 Å². The Bertz CT molecular complexity index is 770. The van der Waals surface area contributed by atoms with E-state index in [2.05, 4.69) is 4.98 Å². The second-order valence-corrected chi connectivity index (χ2v) is 7.50. The smallest absolute Gasteiger partial charge is 0.411 e. The van der Waals surface area contributed by atoms with E-state index in [4.69, 9.17) is 4.74 Å². The SMILES string of the molecule is CC(F)c1ccc(CN(C(=O)OC(C)(C)C)[C@H](C)c2ccccc2F)nc1. The summed E-state index contributed by atoms with van der Waals surface area (Å²) >= 11 is 0. The summed E-state index contributed by atoms with van der Waals surface area (Å²) in [6, 6.07) is 9.04. The number of hydrogen-bond donors (Lipinski definition) is 0. The van der Waals surface area contributed by atoms with Gasteiger partial charge in [0.2, 0.25) is 0 Å². The van der Waals surface area contributed by atoms with Crippen LogP contribution >= 0.6 is 0 Å². The number of benzene rings is 1. The molecule has 0 aliphatic carbocycles. The number of ether oxygens (including phenoxy) is 1. The number of carbonyl (C=O) groups excluding carboxylic acids is 1. The number of aromatic nitrogens is 1. The molecule has 1 heterocycles. The van der Waals surface area contributed by atoms with Crippen LogP contribution < -0.4 is 0 Å². The van der Waals surface area contributed by atoms with Gasteiger partial charge in [0, 0.05) is 17.3 Å². The van der Waals surface area contributed by atoms with E-state index in [1.807, 2.05) is 0 Å². The van der Waals surface area contributed by atoms with Crippen molar-refractivity contribution < 1.29 is 18.3 Å². The highest BCUT2D eigenvalue weighted by Crippen LogP contribution is 2.27. The molecule has 1 unspecified atom stereocenters. The van der Waals surface area contributed by atoms with Gasteiger partial charge in [0.05, 0.1) is 18.3 Å². The Labute approximate surface area is 159 Å². The molecule has 146 valence electrons. The third kappa shape index (κ3) is 5.74. The standard InChI is InChI=1S/C21H26F2N2O2/c1-14(22)16-10-11-17(24-12-16)13-25(20(26)27-21(3,4)5)15(2)18-8-6-7-9-19(18)23/h6-12,14-15H,13H2,1-5H3/t14?,15-/m1/s1. The summed E-state index contributed by atoms with van der Waals surface area (Å²) in [5, 5.41) is 0. The normalized spacial score (nSPS) is 13.7. The van der Waals surface area contributed by atoms with E-state index in [0.717, 1.165) is 0 Å². The molecule has 27 heavy (non-hydrogen) atoms. The highest BCUT2D eigenvalue weighted by molar-refractivity contribution is 5.68. The van der Waals surface area contributed by atoms with Gasteiger partial charge in [-0.25, -0.2) is 13.6 Å². The van der Waals surface area contributed by atoms with E-state index in [1.165, 1.54) is 24.1 Å². The average molecular weight is 376 g/mol. The fourth-order valence-corrected chi connectivity index (χ4v) is 2.60. The molecule has 2 aromatic rings. The number of carbonyl (C=O) groups is 1. The van der Waals surface area contributed by atoms with Crippen molar-refractivity contribution in [2.24, 2.45) is 0 Å². The van der Waals surface area contributed by atoms with Crippen LogP contribution in [0.3, 0.4) is 0 Å². The van der Waals surface area contributed by atoms with E-state index in [-0.39, 0.29) is 6.54 Å². The molecule has 0 radical (unpaired) electrons. The predicted molar refractivity (Wildman–Crippen MR) is 100 cm³/mol. The molecule has 1 aromatic heterocycles. The van der Waals surface area contributed by atoms with Crippen molar-refractivity contribution in [3.63, 3.8) is 0 Å². The van der Waals surface area contributed by atoms with Gasteiger partial charge in [-0.1, -0.05) is 24.3 Å². The molecule has 0 N–H and O–H groups in total. The summed E-state index contributed by atoms with van der Waals surface area (Å²) in [4.78, 5) is 18.4. The van der Waals surface area contributed by atoms with Crippen molar-refractivity contribution in [1.82, 2.24) is 9.88 Å². The summed E-state index contributed by atoms with van der Waals surface area (Å²) in [6.45, 7) is 8.60. The number of pyridine rings is 1. The minimum absolute atomic E-state index is 0.116. The lowest BCUT2D eigenvalue weighted by Crippen LogP contribution is -2.38. The lowest BCUT2D eigenvalue weighted by Gasteiger charge is -2.32. The molecule has 4 nitrogen and oxygen atoms in total. The van der Waals surface area contributed by atoms with Crippen LogP contribution in [0.15, 0.2) is 42.6 Å². The zero-order valence-electron chi connectivity index (χ0n) is 16.4. The lowest BCUT2D eigenvalue weighted by molar-refractivity contribution is 0.0147. The maximum atomic E-state index is 14.2. The molecular formula is C21H26F2N2O2. The first-order chi connectivity index (χ1) is 12.6. The molecule has 1 aromatic carbocycles. The van der Waals surface area contributed by atoms with Gasteiger partial charge in [0.15, 0.2) is 0 Å². The molecule has 6 heteroatoms. The van der Waals surface area contributed by atoms with Crippen LogP contribution in [-0.2, 0) is 11.3 Å². The first kappa shape index (κ1) is 20.8. The Hall–Kier alpha value is -2.50. The van der Waals surface area contributed by atoms with Crippen molar-refractivity contribution in [2.75, 3.05) is 0 Å². The van der Waals surface area contributed by atoms with Crippen LogP contribution in [0.4, 0.5) is 13.6 Å². The first-order valence-electron chi connectivity index (χ1n) is 8.91. The molecular weight excluding hydrogens is 350 g/mol. The Kier molecular flexibility index (Phi) is 6.52. The topological polar surface area (TPSA) is 42.4 Å². The van der Waals surface area contributed by atoms with Crippen LogP contribution in [0.2, 0.25) is 0 Å². The van der Waals surface area contributed by atoms with Crippen molar-refractivity contribution >= 4 is 6.09 Å². The van der Waals surface area contributed by atoms with E-state index >= 15 is 0 Å². The molecule has 0 fully saturated rings. The molecule has 2 atom stereocenters. The predicted octanol–water partition coefficient (Wildman–Crippen LogP) is 5.75. The molecule has 2 rings (SSSR count). The van der Waals surface area contributed by atoms with E-state index in [1.54, 1.807) is 58.0 Å². The van der Waals surface area contributed by atoms with Gasteiger partial charge in [0.1, 0.15) is 17.6 Å². The summed E-state index contributed by atoms with van der Waals surface area (Å²) in [6.07, 6.45) is -0.241. The fourth-order valence-electron chi connectivity index (χ4n) is 2.60. The maximum Gasteiger partial charge on any atom is 0.411 e. The Balaban J connectivity index is 2.31. The van der Waals surface area contributed by atoms with Gasteiger partial charge < -0.3 is 4.74 Å². The number of rotatable bonds is 5. The minimum atomic E-state index is -1.12. The van der Waals surface area contributed by atoms with Crippen LogP contribution in [0.25, 0.3) is 0 Å². The van der Waals surface area contributed by atoms with E-state index in [0.29, 0.717) is 16.8 Å². The second kappa shape index (κ2) is 8.46. The highest BCUT2D eigenvalue weighted by atomic mass is 19.1. The van der Waals surface area contributed by atoms with Gasteiger partial charge in [-0.15, -0.1) is 0 Å². The summed E-state index contributed by atoms with van der Waals surface area (Å²) in [5.74, 6) is -0.395. The Morgan fingerprint density at radius 2 is 1.85 bits per heavy atom. The maximum absolute atomic E-state index is 14.2. The largest absolute Gasteiger partial charge is 0.444 e. The van der Waals surface area contributed by atoms with Crippen molar-refractivity contribution in [3.05, 3.63) is 65.2 Å². The lowest BCUT2D eigenvalue weighted by atomic mass is 10.1. The fraction of sp³-hybridized carbons (Fsp3) is 0.429. The molecule has 1 amide bonds.